The second kappa shape index (κ2) is 6.27. The van der Waals surface area contributed by atoms with Crippen molar-refractivity contribution in [1.29, 1.82) is 0 Å². The molecule has 0 unspecified atom stereocenters. The molecule has 0 spiro atoms. The minimum atomic E-state index is -3.09. The lowest BCUT2D eigenvalue weighted by atomic mass is 10.1. The van der Waals surface area contributed by atoms with Crippen molar-refractivity contribution in [3.63, 3.8) is 0 Å². The summed E-state index contributed by atoms with van der Waals surface area (Å²) in [4.78, 5) is 8.89. The zero-order valence-electron chi connectivity index (χ0n) is 14.5. The number of nitrogen functional groups attached to an aromatic ring is 1. The summed E-state index contributed by atoms with van der Waals surface area (Å²) < 4.78 is 34.4. The predicted molar refractivity (Wildman–Crippen MR) is 100 cm³/mol. The van der Waals surface area contributed by atoms with E-state index in [1.165, 1.54) is 23.6 Å². The van der Waals surface area contributed by atoms with Gasteiger partial charge in [-0.05, 0) is 18.2 Å². The van der Waals surface area contributed by atoms with Gasteiger partial charge in [-0.15, -0.1) is 0 Å². The zero-order chi connectivity index (χ0) is 19.2. The first-order valence-corrected chi connectivity index (χ1v) is 8.81. The number of benzene rings is 1. The molecule has 0 aliphatic heterocycles. The first kappa shape index (κ1) is 17.3. The molecule has 138 valence electrons. The van der Waals surface area contributed by atoms with Crippen LogP contribution in [0.2, 0.25) is 0 Å². The summed E-state index contributed by atoms with van der Waals surface area (Å²) in [5, 5.41) is 5.32. The molecule has 3 aromatic heterocycles. The summed E-state index contributed by atoms with van der Waals surface area (Å²) in [6, 6.07) is 8.84. The Morgan fingerprint density at radius 2 is 1.96 bits per heavy atom. The summed E-state index contributed by atoms with van der Waals surface area (Å²) in [5.74, 6) is -2.56. The maximum Gasteiger partial charge on any atom is 0.274 e. The van der Waals surface area contributed by atoms with Gasteiger partial charge in [0.1, 0.15) is 16.6 Å². The Balaban J connectivity index is 1.81. The highest BCUT2D eigenvalue weighted by atomic mass is 32.1. The van der Waals surface area contributed by atoms with Crippen LogP contribution in [-0.4, -0.2) is 26.7 Å². The van der Waals surface area contributed by atoms with Crippen molar-refractivity contribution >= 4 is 22.1 Å². The largest absolute Gasteiger partial charge is 0.497 e. The van der Waals surface area contributed by atoms with E-state index < -0.39 is 5.92 Å². The molecule has 0 saturated carbocycles. The lowest BCUT2D eigenvalue weighted by molar-refractivity contribution is 0.0180. The first-order valence-electron chi connectivity index (χ1n) is 8.00. The summed E-state index contributed by atoms with van der Waals surface area (Å²) in [7, 11) is 1.60. The molecular formula is C18H15F2N5OS. The molecule has 2 N–H and O–H groups in total. The number of alkyl halides is 2. The number of aromatic nitrogens is 4. The monoisotopic (exact) mass is 387 g/mol. The van der Waals surface area contributed by atoms with Gasteiger partial charge in [0.25, 0.3) is 5.92 Å². The van der Waals surface area contributed by atoms with E-state index in [0.29, 0.717) is 16.2 Å². The Morgan fingerprint density at radius 1 is 1.15 bits per heavy atom. The molecule has 4 rings (SSSR count). The molecule has 0 bridgehead atoms. The predicted octanol–water partition coefficient (Wildman–Crippen LogP) is 4.22. The van der Waals surface area contributed by atoms with Gasteiger partial charge < -0.3 is 10.5 Å². The second-order valence-corrected chi connectivity index (χ2v) is 6.98. The number of nitrogens with two attached hydrogens (primary N) is 1. The third-order valence-electron chi connectivity index (χ3n) is 4.09. The molecule has 0 saturated heterocycles. The fraction of sp³-hybridized carbons (Fsp3) is 0.167. The smallest absolute Gasteiger partial charge is 0.274 e. The van der Waals surface area contributed by atoms with Crippen molar-refractivity contribution in [2.75, 3.05) is 12.8 Å². The lowest BCUT2D eigenvalue weighted by Crippen LogP contribution is -2.12. The van der Waals surface area contributed by atoms with Crippen molar-refractivity contribution in [2.24, 2.45) is 0 Å². The fourth-order valence-corrected chi connectivity index (χ4v) is 3.60. The van der Waals surface area contributed by atoms with Gasteiger partial charge in [0, 0.05) is 24.2 Å². The Labute approximate surface area is 157 Å². The molecule has 0 fully saturated rings. The van der Waals surface area contributed by atoms with Crippen molar-refractivity contribution in [3.8, 4) is 27.6 Å². The normalized spacial score (nSPS) is 11.9. The van der Waals surface area contributed by atoms with E-state index in [1.54, 1.807) is 17.8 Å². The minimum absolute atomic E-state index is 0.192. The quantitative estimate of drug-likeness (QED) is 0.567. The van der Waals surface area contributed by atoms with Gasteiger partial charge >= 0.3 is 0 Å². The van der Waals surface area contributed by atoms with Crippen molar-refractivity contribution in [2.45, 2.75) is 12.8 Å². The molecular weight excluding hydrogens is 372 g/mol. The van der Waals surface area contributed by atoms with Gasteiger partial charge in [-0.3, -0.25) is 0 Å². The molecule has 4 aromatic rings. The number of nitrogens with zero attached hydrogens (tertiary/aromatic N) is 4. The van der Waals surface area contributed by atoms with Gasteiger partial charge in [-0.1, -0.05) is 23.5 Å². The molecule has 0 atom stereocenters. The zero-order valence-corrected chi connectivity index (χ0v) is 15.3. The topological polar surface area (TPSA) is 78.3 Å². The fourth-order valence-electron chi connectivity index (χ4n) is 2.73. The van der Waals surface area contributed by atoms with Gasteiger partial charge in [0.05, 0.1) is 24.6 Å². The van der Waals surface area contributed by atoms with Crippen LogP contribution in [0.3, 0.4) is 0 Å². The third kappa shape index (κ3) is 3.10. The van der Waals surface area contributed by atoms with Crippen LogP contribution in [0.15, 0.2) is 42.7 Å². The molecule has 0 radical (unpaired) electrons. The van der Waals surface area contributed by atoms with E-state index in [0.717, 1.165) is 23.2 Å². The molecule has 0 amide bonds. The maximum absolute atomic E-state index is 13.8. The van der Waals surface area contributed by atoms with Gasteiger partial charge in [0.15, 0.2) is 0 Å². The van der Waals surface area contributed by atoms with Crippen molar-refractivity contribution in [1.82, 2.24) is 19.6 Å². The highest BCUT2D eigenvalue weighted by Gasteiger charge is 2.28. The average Bonchev–Trinajstić information content (AvgIpc) is 3.22. The number of pyridine rings is 1. The van der Waals surface area contributed by atoms with Crippen LogP contribution in [-0.2, 0) is 5.92 Å². The van der Waals surface area contributed by atoms with Crippen LogP contribution in [0.4, 0.5) is 14.6 Å². The van der Waals surface area contributed by atoms with Crippen LogP contribution in [0.25, 0.3) is 26.8 Å². The Kier molecular flexibility index (Phi) is 4.03. The van der Waals surface area contributed by atoms with E-state index >= 15 is 0 Å². The van der Waals surface area contributed by atoms with Gasteiger partial charge in [0.2, 0.25) is 4.96 Å². The Hall–Kier alpha value is -3.07. The standard InChI is InChI=1S/C18H15F2N5OS/c1-18(19,20)13-7-11(8-22-15(13)21)14-9-23-17-25(14)24-16(27-17)10-4-3-5-12(6-10)26-2/h3-9H,1-2H3,(H2,21,22). The summed E-state index contributed by atoms with van der Waals surface area (Å²) >= 11 is 1.39. The number of halogens is 2. The molecule has 3 heterocycles. The molecule has 0 aliphatic rings. The number of hydrogen-bond acceptors (Lipinski definition) is 6. The SMILES string of the molecule is COc1cccc(-c2nn3c(-c4cnc(N)c(C(C)(F)F)c4)cnc3s2)c1. The molecule has 9 heteroatoms. The number of methoxy groups -OCH3 is 1. The second-order valence-electron chi connectivity index (χ2n) is 6.02. The summed E-state index contributed by atoms with van der Waals surface area (Å²) in [5.41, 5.74) is 7.20. The van der Waals surface area contributed by atoms with Crippen LogP contribution in [0.5, 0.6) is 5.75 Å². The Morgan fingerprint density at radius 3 is 2.70 bits per heavy atom. The third-order valence-corrected chi connectivity index (χ3v) is 5.06. The highest BCUT2D eigenvalue weighted by molar-refractivity contribution is 7.19. The molecule has 0 aliphatic carbocycles. The van der Waals surface area contributed by atoms with Crippen LogP contribution < -0.4 is 10.5 Å². The van der Waals surface area contributed by atoms with Crippen LogP contribution >= 0.6 is 11.3 Å². The highest BCUT2D eigenvalue weighted by Crippen LogP contribution is 2.35. The van der Waals surface area contributed by atoms with Crippen LogP contribution in [0, 0.1) is 0 Å². The van der Waals surface area contributed by atoms with E-state index in [1.807, 2.05) is 24.3 Å². The molecule has 27 heavy (non-hydrogen) atoms. The van der Waals surface area contributed by atoms with E-state index in [4.69, 9.17) is 10.5 Å². The van der Waals surface area contributed by atoms with Crippen molar-refractivity contribution in [3.05, 3.63) is 48.3 Å². The van der Waals surface area contributed by atoms with Gasteiger partial charge in [-0.25, -0.2) is 23.3 Å². The summed E-state index contributed by atoms with van der Waals surface area (Å²) in [6.07, 6.45) is 3.03. The number of hydrogen-bond donors (Lipinski definition) is 1. The first-order chi connectivity index (χ1) is 12.9. The number of fused-ring (bicyclic) bond motifs is 1. The number of ether oxygens (including phenoxy) is 1. The molecule has 1 aromatic carbocycles. The maximum atomic E-state index is 13.8. The van der Waals surface area contributed by atoms with E-state index in [9.17, 15) is 8.78 Å². The van der Waals surface area contributed by atoms with Gasteiger partial charge in [-0.2, -0.15) is 5.10 Å². The summed E-state index contributed by atoms with van der Waals surface area (Å²) in [6.45, 7) is 0.792. The van der Waals surface area contributed by atoms with Crippen LogP contribution in [0.1, 0.15) is 12.5 Å². The Bertz CT molecular complexity index is 1130. The number of rotatable bonds is 4. The lowest BCUT2D eigenvalue weighted by Gasteiger charge is -2.13. The molecule has 6 nitrogen and oxygen atoms in total. The number of imidazole rings is 1. The number of anilines is 1. The van der Waals surface area contributed by atoms with E-state index in [-0.39, 0.29) is 11.4 Å². The minimum Gasteiger partial charge on any atom is -0.497 e. The average molecular weight is 387 g/mol. The van der Waals surface area contributed by atoms with Crippen molar-refractivity contribution < 1.29 is 13.5 Å². The van der Waals surface area contributed by atoms with E-state index in [2.05, 4.69) is 15.1 Å².